The highest BCUT2D eigenvalue weighted by Crippen LogP contribution is 2.37. The molecule has 2 aromatic rings. The number of ether oxygens (including phenoxy) is 1. The quantitative estimate of drug-likeness (QED) is 0.880. The Labute approximate surface area is 133 Å². The fraction of sp³-hybridized carbons (Fsp3) is 0.143. The second-order valence-corrected chi connectivity index (χ2v) is 4.79. The Hall–Kier alpha value is -2.48. The van der Waals surface area contributed by atoms with Crippen molar-refractivity contribution in [2.24, 2.45) is 0 Å². The van der Waals surface area contributed by atoms with Crippen molar-refractivity contribution >= 4 is 23.3 Å². The van der Waals surface area contributed by atoms with Gasteiger partial charge in [0.1, 0.15) is 0 Å². The molecule has 122 valence electrons. The highest BCUT2D eigenvalue weighted by atomic mass is 35.5. The van der Waals surface area contributed by atoms with Gasteiger partial charge in [-0.05, 0) is 18.2 Å². The van der Waals surface area contributed by atoms with Crippen LogP contribution in [-0.4, -0.2) is 23.2 Å². The summed E-state index contributed by atoms with van der Waals surface area (Å²) in [5.41, 5.74) is 3.85. The van der Waals surface area contributed by atoms with Crippen molar-refractivity contribution in [2.45, 2.75) is 6.43 Å². The average molecular weight is 347 g/mol. The first-order valence-corrected chi connectivity index (χ1v) is 6.50. The van der Waals surface area contributed by atoms with Crippen LogP contribution in [0.25, 0.3) is 11.3 Å². The van der Waals surface area contributed by atoms with E-state index in [1.165, 1.54) is 0 Å². The molecular formula is C14H10ClF3N2O3. The summed E-state index contributed by atoms with van der Waals surface area (Å²) < 4.78 is 44.8. The van der Waals surface area contributed by atoms with E-state index in [2.05, 4.69) is 9.72 Å². The number of nitrogen functional groups attached to an aromatic ring is 1. The zero-order valence-electron chi connectivity index (χ0n) is 11.6. The van der Waals surface area contributed by atoms with Crippen molar-refractivity contribution in [2.75, 3.05) is 12.8 Å². The fourth-order valence-corrected chi connectivity index (χ4v) is 2.15. The molecule has 3 N–H and O–H groups in total. The standard InChI is InChI=1S/C14H10ClF3N2O3/c1-23-12-6(13(17)18)3-2-5(10(12)16)8-4-7(19)9(15)11(20-8)14(21)22/h2-4,13H,1H3,(H2,19,20)(H,21,22). The molecule has 0 spiro atoms. The van der Waals surface area contributed by atoms with E-state index in [1.807, 2.05) is 0 Å². The second kappa shape index (κ2) is 6.33. The molecule has 0 saturated carbocycles. The maximum absolute atomic E-state index is 14.4. The topological polar surface area (TPSA) is 85.4 Å². The molecule has 0 unspecified atom stereocenters. The van der Waals surface area contributed by atoms with E-state index in [0.29, 0.717) is 0 Å². The number of nitrogens with zero attached hydrogens (tertiary/aromatic N) is 1. The van der Waals surface area contributed by atoms with Crippen LogP contribution in [0.5, 0.6) is 5.75 Å². The molecule has 23 heavy (non-hydrogen) atoms. The van der Waals surface area contributed by atoms with Gasteiger partial charge in [0.2, 0.25) is 0 Å². The number of anilines is 1. The number of carbonyl (C=O) groups is 1. The largest absolute Gasteiger partial charge is 0.493 e. The Balaban J connectivity index is 2.70. The first-order chi connectivity index (χ1) is 10.8. The third-order valence-corrected chi connectivity index (χ3v) is 3.43. The molecule has 0 fully saturated rings. The van der Waals surface area contributed by atoms with Crippen molar-refractivity contribution in [3.05, 3.63) is 40.3 Å². The summed E-state index contributed by atoms with van der Waals surface area (Å²) in [5, 5.41) is 8.73. The lowest BCUT2D eigenvalue weighted by atomic mass is 10.1. The van der Waals surface area contributed by atoms with Gasteiger partial charge in [-0.2, -0.15) is 0 Å². The molecule has 0 radical (unpaired) electrons. The molecule has 9 heteroatoms. The van der Waals surface area contributed by atoms with Gasteiger partial charge in [-0.3, -0.25) is 0 Å². The fourth-order valence-electron chi connectivity index (χ4n) is 1.98. The summed E-state index contributed by atoms with van der Waals surface area (Å²) >= 11 is 5.73. The van der Waals surface area contributed by atoms with Crippen LogP contribution in [0.1, 0.15) is 22.5 Å². The molecule has 0 bridgehead atoms. The lowest BCUT2D eigenvalue weighted by Crippen LogP contribution is -2.06. The number of rotatable bonds is 4. The number of pyridine rings is 1. The average Bonchev–Trinajstić information content (AvgIpc) is 2.49. The van der Waals surface area contributed by atoms with Gasteiger partial charge < -0.3 is 15.6 Å². The number of alkyl halides is 2. The van der Waals surface area contributed by atoms with Gasteiger partial charge in [0, 0.05) is 5.56 Å². The van der Waals surface area contributed by atoms with Gasteiger partial charge in [-0.25, -0.2) is 22.9 Å². The number of aromatic carboxylic acids is 1. The zero-order chi connectivity index (χ0) is 17.3. The van der Waals surface area contributed by atoms with E-state index in [9.17, 15) is 18.0 Å². The summed E-state index contributed by atoms with van der Waals surface area (Å²) in [5.74, 6) is -3.21. The molecule has 5 nitrogen and oxygen atoms in total. The second-order valence-electron chi connectivity index (χ2n) is 4.41. The Kier molecular flexibility index (Phi) is 4.65. The summed E-state index contributed by atoms with van der Waals surface area (Å²) in [4.78, 5) is 14.8. The van der Waals surface area contributed by atoms with E-state index in [-0.39, 0.29) is 22.0 Å². The Morgan fingerprint density at radius 1 is 1.43 bits per heavy atom. The van der Waals surface area contributed by atoms with Gasteiger partial charge in [0.05, 0.1) is 29.1 Å². The van der Waals surface area contributed by atoms with Gasteiger partial charge in [0.25, 0.3) is 6.43 Å². The van der Waals surface area contributed by atoms with Crippen molar-refractivity contribution in [3.63, 3.8) is 0 Å². The number of methoxy groups -OCH3 is 1. The van der Waals surface area contributed by atoms with Crippen LogP contribution in [-0.2, 0) is 0 Å². The van der Waals surface area contributed by atoms with Crippen LogP contribution < -0.4 is 10.5 Å². The number of hydrogen-bond acceptors (Lipinski definition) is 4. The predicted octanol–water partition coefficient (Wildman–Crippen LogP) is 3.77. The SMILES string of the molecule is COc1c(C(F)F)ccc(-c2cc(N)c(Cl)c(C(=O)O)n2)c1F. The molecule has 0 amide bonds. The van der Waals surface area contributed by atoms with Gasteiger partial charge in [-0.15, -0.1) is 0 Å². The van der Waals surface area contributed by atoms with Crippen molar-refractivity contribution in [1.82, 2.24) is 4.98 Å². The molecule has 0 aliphatic carbocycles. The van der Waals surface area contributed by atoms with E-state index in [0.717, 1.165) is 25.3 Å². The van der Waals surface area contributed by atoms with Crippen LogP contribution in [0.15, 0.2) is 18.2 Å². The van der Waals surface area contributed by atoms with Crippen LogP contribution >= 0.6 is 11.6 Å². The van der Waals surface area contributed by atoms with Crippen LogP contribution in [0, 0.1) is 5.82 Å². The molecule has 0 saturated heterocycles. The maximum atomic E-state index is 14.4. The minimum Gasteiger partial charge on any atom is -0.493 e. The number of aromatic nitrogens is 1. The van der Waals surface area contributed by atoms with E-state index >= 15 is 0 Å². The number of nitrogens with two attached hydrogens (primary N) is 1. The van der Waals surface area contributed by atoms with Crippen LogP contribution in [0.2, 0.25) is 5.02 Å². The molecule has 1 aromatic carbocycles. The molecule has 1 heterocycles. The predicted molar refractivity (Wildman–Crippen MR) is 77.5 cm³/mol. The number of carboxylic acids is 1. The van der Waals surface area contributed by atoms with Crippen molar-refractivity contribution in [1.29, 1.82) is 0 Å². The maximum Gasteiger partial charge on any atom is 0.356 e. The highest BCUT2D eigenvalue weighted by molar-refractivity contribution is 6.35. The van der Waals surface area contributed by atoms with Crippen LogP contribution in [0.3, 0.4) is 0 Å². The number of halogens is 4. The molecule has 0 aliphatic rings. The van der Waals surface area contributed by atoms with E-state index in [4.69, 9.17) is 22.4 Å². The number of benzene rings is 1. The Bertz CT molecular complexity index is 784. The first kappa shape index (κ1) is 16.9. The molecule has 1 aromatic heterocycles. The Morgan fingerprint density at radius 3 is 2.61 bits per heavy atom. The minimum absolute atomic E-state index is 0.134. The van der Waals surface area contributed by atoms with Gasteiger partial charge in [-0.1, -0.05) is 11.6 Å². The van der Waals surface area contributed by atoms with Crippen LogP contribution in [0.4, 0.5) is 18.9 Å². The lowest BCUT2D eigenvalue weighted by molar-refractivity contribution is 0.0691. The summed E-state index contributed by atoms with van der Waals surface area (Å²) in [6.07, 6.45) is -2.94. The zero-order valence-corrected chi connectivity index (χ0v) is 12.4. The van der Waals surface area contributed by atoms with Crippen molar-refractivity contribution < 1.29 is 27.8 Å². The minimum atomic E-state index is -2.94. The molecule has 0 atom stereocenters. The molecule has 0 aliphatic heterocycles. The van der Waals surface area contributed by atoms with Crippen molar-refractivity contribution in [3.8, 4) is 17.0 Å². The first-order valence-electron chi connectivity index (χ1n) is 6.12. The van der Waals surface area contributed by atoms with E-state index < -0.39 is 35.2 Å². The number of carboxylic acid groups (broad SMARTS) is 1. The van der Waals surface area contributed by atoms with E-state index in [1.54, 1.807) is 0 Å². The molecule has 2 rings (SSSR count). The van der Waals surface area contributed by atoms with Gasteiger partial charge in [0.15, 0.2) is 17.3 Å². The summed E-state index contributed by atoms with van der Waals surface area (Å²) in [7, 11) is 1.04. The normalized spacial score (nSPS) is 10.9. The smallest absolute Gasteiger partial charge is 0.356 e. The Morgan fingerprint density at radius 2 is 2.09 bits per heavy atom. The summed E-state index contributed by atoms with van der Waals surface area (Å²) in [6, 6.07) is 3.16. The third-order valence-electron chi connectivity index (χ3n) is 3.03. The highest BCUT2D eigenvalue weighted by Gasteiger charge is 2.23. The monoisotopic (exact) mass is 346 g/mol. The van der Waals surface area contributed by atoms with Gasteiger partial charge >= 0.3 is 5.97 Å². The number of hydrogen-bond donors (Lipinski definition) is 2. The lowest BCUT2D eigenvalue weighted by Gasteiger charge is -2.13. The third kappa shape index (κ3) is 3.02. The summed E-state index contributed by atoms with van der Waals surface area (Å²) in [6.45, 7) is 0. The molecular weight excluding hydrogens is 337 g/mol.